The summed E-state index contributed by atoms with van der Waals surface area (Å²) in [4.78, 5) is 38.8. The maximum atomic E-state index is 12.9. The number of rotatable bonds is 5. The molecule has 3 rings (SSSR count). The first-order chi connectivity index (χ1) is 13.1. The molecule has 0 unspecified atom stereocenters. The largest absolute Gasteiger partial charge is 0.325 e. The summed E-state index contributed by atoms with van der Waals surface area (Å²) in [5, 5.41) is 2.82. The summed E-state index contributed by atoms with van der Waals surface area (Å²) in [6.07, 6.45) is 6.14. The maximum absolute atomic E-state index is 12.9. The van der Waals surface area contributed by atoms with Crippen LogP contribution in [0.1, 0.15) is 48.9 Å². The first-order valence-corrected chi connectivity index (χ1v) is 11.2. The van der Waals surface area contributed by atoms with Crippen LogP contribution in [-0.4, -0.2) is 56.4 Å². The smallest absolute Gasteiger partial charge is 0.323 e. The molecule has 2 aliphatic rings. The number of carbonyl (C=O) groups is 3. The van der Waals surface area contributed by atoms with Crippen molar-refractivity contribution in [3.63, 3.8) is 0 Å². The number of hydrogen-bond donors (Lipinski definition) is 1. The molecule has 1 saturated carbocycles. The van der Waals surface area contributed by atoms with Crippen molar-refractivity contribution in [2.75, 3.05) is 24.2 Å². The van der Waals surface area contributed by atoms with Crippen LogP contribution in [0.3, 0.4) is 0 Å². The predicted molar refractivity (Wildman–Crippen MR) is 105 cm³/mol. The molecule has 0 bridgehead atoms. The van der Waals surface area contributed by atoms with E-state index in [0.29, 0.717) is 24.1 Å². The van der Waals surface area contributed by atoms with Crippen molar-refractivity contribution in [3.05, 3.63) is 29.8 Å². The Balaban J connectivity index is 1.72. The maximum Gasteiger partial charge on any atom is 0.325 e. The zero-order valence-electron chi connectivity index (χ0n) is 16.1. The van der Waals surface area contributed by atoms with E-state index < -0.39 is 21.6 Å². The number of nitrogens with zero attached hydrogens (tertiary/aromatic N) is 2. The van der Waals surface area contributed by atoms with Crippen LogP contribution in [0.4, 0.5) is 10.5 Å². The molecule has 1 aliphatic carbocycles. The van der Waals surface area contributed by atoms with Crippen LogP contribution >= 0.6 is 0 Å². The van der Waals surface area contributed by atoms with Crippen molar-refractivity contribution in [2.45, 2.75) is 44.1 Å². The molecule has 2 fully saturated rings. The van der Waals surface area contributed by atoms with Crippen molar-refractivity contribution >= 4 is 33.4 Å². The van der Waals surface area contributed by atoms with E-state index in [0.717, 1.165) is 41.1 Å². The standard InChI is InChI=1S/C19H25N3O5S/c1-21(28(2,26)27)15-9-7-14(8-10-15)16(23)13-22-17(24)19(20-18(22)25)11-5-3-4-6-12-19/h7-10H,3-6,11-13H2,1-2H3,(H,20,25). The van der Waals surface area contributed by atoms with Gasteiger partial charge in [0.25, 0.3) is 5.91 Å². The number of amides is 3. The Labute approximate surface area is 164 Å². The third-order valence-electron chi connectivity index (χ3n) is 5.56. The minimum Gasteiger partial charge on any atom is -0.323 e. The molecule has 0 radical (unpaired) electrons. The summed E-state index contributed by atoms with van der Waals surface area (Å²) in [6, 6.07) is 5.52. The topological polar surface area (TPSA) is 104 Å². The highest BCUT2D eigenvalue weighted by Gasteiger charge is 2.51. The number of benzene rings is 1. The fraction of sp³-hybridized carbons (Fsp3) is 0.526. The van der Waals surface area contributed by atoms with E-state index in [-0.39, 0.29) is 18.2 Å². The van der Waals surface area contributed by atoms with Crippen LogP contribution in [0, 0.1) is 0 Å². The van der Waals surface area contributed by atoms with Gasteiger partial charge < -0.3 is 5.32 Å². The van der Waals surface area contributed by atoms with E-state index in [2.05, 4.69) is 5.32 Å². The summed E-state index contributed by atoms with van der Waals surface area (Å²) >= 11 is 0. The Morgan fingerprint density at radius 3 is 2.21 bits per heavy atom. The van der Waals surface area contributed by atoms with Gasteiger partial charge >= 0.3 is 6.03 Å². The predicted octanol–water partition coefficient (Wildman–Crippen LogP) is 1.91. The molecule has 0 aromatic heterocycles. The van der Waals surface area contributed by atoms with Crippen LogP contribution < -0.4 is 9.62 Å². The van der Waals surface area contributed by atoms with E-state index in [1.54, 1.807) is 0 Å². The van der Waals surface area contributed by atoms with Crippen molar-refractivity contribution in [1.29, 1.82) is 0 Å². The Morgan fingerprint density at radius 2 is 1.68 bits per heavy atom. The second kappa shape index (κ2) is 7.54. The number of hydrogen-bond acceptors (Lipinski definition) is 5. The van der Waals surface area contributed by atoms with Gasteiger partial charge in [0.1, 0.15) is 5.54 Å². The van der Waals surface area contributed by atoms with Gasteiger partial charge in [-0.3, -0.25) is 18.8 Å². The Morgan fingerprint density at radius 1 is 1.11 bits per heavy atom. The van der Waals surface area contributed by atoms with Crippen LogP contribution in [0.15, 0.2) is 24.3 Å². The Hall–Kier alpha value is -2.42. The number of urea groups is 1. The van der Waals surface area contributed by atoms with E-state index in [9.17, 15) is 22.8 Å². The molecule has 1 aromatic carbocycles. The average molecular weight is 407 g/mol. The monoisotopic (exact) mass is 407 g/mol. The van der Waals surface area contributed by atoms with Gasteiger partial charge in [0.2, 0.25) is 10.0 Å². The van der Waals surface area contributed by atoms with E-state index in [1.165, 1.54) is 31.3 Å². The molecule has 152 valence electrons. The van der Waals surface area contributed by atoms with Gasteiger partial charge in [-0.15, -0.1) is 0 Å². The van der Waals surface area contributed by atoms with Crippen LogP contribution in [0.5, 0.6) is 0 Å². The second-order valence-electron chi connectivity index (χ2n) is 7.52. The SMILES string of the molecule is CN(c1ccc(C(=O)CN2C(=O)NC3(CCCCCC3)C2=O)cc1)S(C)(=O)=O. The molecule has 1 aliphatic heterocycles. The molecule has 1 saturated heterocycles. The lowest BCUT2D eigenvalue weighted by molar-refractivity contribution is -0.131. The number of ketones is 1. The summed E-state index contributed by atoms with van der Waals surface area (Å²) in [5.74, 6) is -0.691. The third-order valence-corrected chi connectivity index (χ3v) is 6.76. The van der Waals surface area contributed by atoms with Gasteiger partial charge in [-0.05, 0) is 37.1 Å². The summed E-state index contributed by atoms with van der Waals surface area (Å²) in [5.41, 5.74) is -0.129. The number of Topliss-reactive ketones (excluding diaryl/α,β-unsaturated/α-hetero) is 1. The van der Waals surface area contributed by atoms with Gasteiger partial charge in [-0.25, -0.2) is 13.2 Å². The van der Waals surface area contributed by atoms with E-state index in [1.807, 2.05) is 0 Å². The average Bonchev–Trinajstić information content (AvgIpc) is 2.82. The van der Waals surface area contributed by atoms with Crippen molar-refractivity contribution in [1.82, 2.24) is 10.2 Å². The molecular weight excluding hydrogens is 382 g/mol. The van der Waals surface area contributed by atoms with Gasteiger partial charge in [0, 0.05) is 12.6 Å². The van der Waals surface area contributed by atoms with E-state index >= 15 is 0 Å². The van der Waals surface area contributed by atoms with E-state index in [4.69, 9.17) is 0 Å². The molecule has 1 heterocycles. The zero-order valence-corrected chi connectivity index (χ0v) is 16.9. The fourth-order valence-electron chi connectivity index (χ4n) is 3.77. The lowest BCUT2D eigenvalue weighted by atomic mass is 9.90. The summed E-state index contributed by atoms with van der Waals surface area (Å²) in [6.45, 7) is -0.326. The molecule has 9 heteroatoms. The first-order valence-electron chi connectivity index (χ1n) is 9.35. The van der Waals surface area contributed by atoms with Crippen LogP contribution in [0.25, 0.3) is 0 Å². The molecule has 1 spiro atoms. The lowest BCUT2D eigenvalue weighted by Crippen LogP contribution is -2.46. The molecule has 8 nitrogen and oxygen atoms in total. The molecule has 1 aromatic rings. The number of carbonyl (C=O) groups excluding carboxylic acids is 3. The summed E-state index contributed by atoms with van der Waals surface area (Å²) < 4.78 is 24.3. The minimum atomic E-state index is -3.40. The van der Waals surface area contributed by atoms with Gasteiger partial charge in [0.05, 0.1) is 18.5 Å². The van der Waals surface area contributed by atoms with Crippen LogP contribution in [-0.2, 0) is 14.8 Å². The Bertz CT molecular complexity index is 887. The second-order valence-corrected chi connectivity index (χ2v) is 9.53. The summed E-state index contributed by atoms with van der Waals surface area (Å²) in [7, 11) is -1.98. The Kier molecular flexibility index (Phi) is 5.47. The quantitative estimate of drug-likeness (QED) is 0.593. The third kappa shape index (κ3) is 3.89. The molecule has 3 amide bonds. The zero-order chi connectivity index (χ0) is 20.5. The number of nitrogens with one attached hydrogen (secondary N) is 1. The number of imide groups is 1. The number of anilines is 1. The first kappa shape index (κ1) is 20.3. The molecule has 1 N–H and O–H groups in total. The fourth-order valence-corrected chi connectivity index (χ4v) is 4.28. The molecule has 28 heavy (non-hydrogen) atoms. The highest BCUT2D eigenvalue weighted by atomic mass is 32.2. The van der Waals surface area contributed by atoms with Crippen molar-refractivity contribution in [2.24, 2.45) is 0 Å². The minimum absolute atomic E-state index is 0.313. The van der Waals surface area contributed by atoms with Gasteiger partial charge in [-0.2, -0.15) is 0 Å². The van der Waals surface area contributed by atoms with Crippen molar-refractivity contribution in [3.8, 4) is 0 Å². The molecular formula is C19H25N3O5S. The normalized spacial score (nSPS) is 19.4. The molecule has 0 atom stereocenters. The highest BCUT2D eigenvalue weighted by molar-refractivity contribution is 7.92. The van der Waals surface area contributed by atoms with Gasteiger partial charge in [-0.1, -0.05) is 25.7 Å². The number of sulfonamides is 1. The highest BCUT2D eigenvalue weighted by Crippen LogP contribution is 2.32. The lowest BCUT2D eigenvalue weighted by Gasteiger charge is -2.24. The van der Waals surface area contributed by atoms with Crippen molar-refractivity contribution < 1.29 is 22.8 Å². The van der Waals surface area contributed by atoms with Gasteiger partial charge in [0.15, 0.2) is 5.78 Å². The van der Waals surface area contributed by atoms with Crippen LogP contribution in [0.2, 0.25) is 0 Å².